The van der Waals surface area contributed by atoms with E-state index in [9.17, 15) is 14.3 Å². The number of aliphatic hydroxyl groups excluding tert-OH is 1. The van der Waals surface area contributed by atoms with Crippen molar-refractivity contribution in [3.63, 3.8) is 0 Å². The molecule has 0 spiro atoms. The second-order valence-electron chi connectivity index (χ2n) is 7.54. The lowest BCUT2D eigenvalue weighted by atomic mass is 9.77. The van der Waals surface area contributed by atoms with Crippen LogP contribution in [-0.2, 0) is 5.41 Å². The number of ether oxygens (including phenoxy) is 1. The molecular formula is C23H28FNO3. The Hall–Kier alpha value is -2.24. The molecule has 5 heteroatoms. The molecule has 1 heterocycles. The summed E-state index contributed by atoms with van der Waals surface area (Å²) in [5.74, 6) is 0.556. The van der Waals surface area contributed by atoms with Crippen LogP contribution in [0.1, 0.15) is 41.6 Å². The maximum atomic E-state index is 13.0. The van der Waals surface area contributed by atoms with E-state index < -0.39 is 0 Å². The number of Topliss-reactive ketones (excluding diaryl/α,β-unsaturated/α-hetero) is 1. The highest BCUT2D eigenvalue weighted by Gasteiger charge is 2.38. The van der Waals surface area contributed by atoms with Crippen LogP contribution in [0.3, 0.4) is 0 Å². The summed E-state index contributed by atoms with van der Waals surface area (Å²) in [6.07, 6.45) is 2.95. The summed E-state index contributed by atoms with van der Waals surface area (Å²) in [5, 5.41) is 9.62. The zero-order valence-corrected chi connectivity index (χ0v) is 16.4. The minimum atomic E-state index is -0.327. The Kier molecular flexibility index (Phi) is 6.81. The van der Waals surface area contributed by atoms with Crippen molar-refractivity contribution in [2.75, 3.05) is 33.4 Å². The Labute approximate surface area is 165 Å². The van der Waals surface area contributed by atoms with Crippen LogP contribution >= 0.6 is 0 Å². The molecule has 1 atom stereocenters. The van der Waals surface area contributed by atoms with Gasteiger partial charge in [0.25, 0.3) is 0 Å². The van der Waals surface area contributed by atoms with Crippen molar-refractivity contribution in [1.82, 2.24) is 4.90 Å². The van der Waals surface area contributed by atoms with Crippen LogP contribution in [0.25, 0.3) is 0 Å². The fraction of sp³-hybridized carbons (Fsp3) is 0.435. The van der Waals surface area contributed by atoms with E-state index in [1.807, 2.05) is 12.1 Å². The van der Waals surface area contributed by atoms with Gasteiger partial charge in [0.1, 0.15) is 11.6 Å². The van der Waals surface area contributed by atoms with Gasteiger partial charge in [0.2, 0.25) is 0 Å². The van der Waals surface area contributed by atoms with Gasteiger partial charge in [-0.05, 0) is 74.3 Å². The molecule has 2 aromatic rings. The lowest BCUT2D eigenvalue weighted by Gasteiger charge is -2.30. The fourth-order valence-electron chi connectivity index (χ4n) is 4.14. The molecule has 0 bridgehead atoms. The number of aliphatic hydroxyl groups is 1. The van der Waals surface area contributed by atoms with Crippen LogP contribution in [-0.4, -0.2) is 49.1 Å². The monoisotopic (exact) mass is 385 g/mol. The molecule has 1 aliphatic rings. The van der Waals surface area contributed by atoms with Gasteiger partial charge in [0.15, 0.2) is 5.78 Å². The quantitative estimate of drug-likeness (QED) is 0.667. The molecule has 0 aromatic heterocycles. The molecule has 1 saturated heterocycles. The van der Waals surface area contributed by atoms with Gasteiger partial charge in [-0.2, -0.15) is 0 Å². The SMILES string of the molecule is COc1ccc(C2(CCO)CCN(CCCC(=O)c3ccc(F)cc3)C2)cc1. The summed E-state index contributed by atoms with van der Waals surface area (Å²) in [6.45, 7) is 2.83. The number of hydrogen-bond acceptors (Lipinski definition) is 4. The van der Waals surface area contributed by atoms with E-state index in [2.05, 4.69) is 17.0 Å². The number of nitrogens with zero attached hydrogens (tertiary/aromatic N) is 1. The van der Waals surface area contributed by atoms with Gasteiger partial charge in [-0.15, -0.1) is 0 Å². The molecule has 0 amide bonds. The molecule has 28 heavy (non-hydrogen) atoms. The Bertz CT molecular complexity index is 775. The Morgan fingerprint density at radius 3 is 2.54 bits per heavy atom. The second kappa shape index (κ2) is 9.30. The van der Waals surface area contributed by atoms with Crippen molar-refractivity contribution in [3.05, 3.63) is 65.5 Å². The van der Waals surface area contributed by atoms with Gasteiger partial charge < -0.3 is 14.7 Å². The van der Waals surface area contributed by atoms with Gasteiger partial charge in [0, 0.05) is 30.6 Å². The number of carbonyl (C=O) groups is 1. The van der Waals surface area contributed by atoms with E-state index in [1.54, 1.807) is 19.2 Å². The van der Waals surface area contributed by atoms with Gasteiger partial charge in [-0.25, -0.2) is 4.39 Å². The molecule has 0 saturated carbocycles. The zero-order chi connectivity index (χ0) is 20.0. The first-order chi connectivity index (χ1) is 13.6. The molecular weight excluding hydrogens is 357 g/mol. The number of ketones is 1. The lowest BCUT2D eigenvalue weighted by molar-refractivity contribution is 0.0975. The third-order valence-electron chi connectivity index (χ3n) is 5.77. The Balaban J connectivity index is 1.56. The molecule has 2 aromatic carbocycles. The molecule has 4 nitrogen and oxygen atoms in total. The molecule has 0 aliphatic carbocycles. The van der Waals surface area contributed by atoms with Crippen LogP contribution in [0.2, 0.25) is 0 Å². The summed E-state index contributed by atoms with van der Waals surface area (Å²) < 4.78 is 18.2. The van der Waals surface area contributed by atoms with Crippen LogP contribution in [0.4, 0.5) is 4.39 Å². The van der Waals surface area contributed by atoms with Gasteiger partial charge >= 0.3 is 0 Å². The number of carbonyl (C=O) groups excluding carboxylic acids is 1. The number of hydrogen-bond donors (Lipinski definition) is 1. The number of halogens is 1. The van der Waals surface area contributed by atoms with E-state index in [-0.39, 0.29) is 23.6 Å². The maximum absolute atomic E-state index is 13.0. The summed E-state index contributed by atoms with van der Waals surface area (Å²) in [5.41, 5.74) is 1.74. The van der Waals surface area contributed by atoms with Crippen LogP contribution in [0.5, 0.6) is 5.75 Å². The van der Waals surface area contributed by atoms with Gasteiger partial charge in [0.05, 0.1) is 7.11 Å². The third-order valence-corrected chi connectivity index (χ3v) is 5.77. The van der Waals surface area contributed by atoms with Gasteiger partial charge in [-0.1, -0.05) is 12.1 Å². The zero-order valence-electron chi connectivity index (χ0n) is 16.4. The predicted molar refractivity (Wildman–Crippen MR) is 107 cm³/mol. The highest BCUT2D eigenvalue weighted by molar-refractivity contribution is 5.95. The number of likely N-dealkylation sites (tertiary alicyclic amines) is 1. The van der Waals surface area contributed by atoms with E-state index in [1.165, 1.54) is 17.7 Å². The first-order valence-corrected chi connectivity index (χ1v) is 9.83. The van der Waals surface area contributed by atoms with Crippen molar-refractivity contribution in [2.45, 2.75) is 31.1 Å². The van der Waals surface area contributed by atoms with Crippen molar-refractivity contribution < 1.29 is 19.0 Å². The molecule has 1 aliphatic heterocycles. The van der Waals surface area contributed by atoms with Gasteiger partial charge in [-0.3, -0.25) is 4.79 Å². The summed E-state index contributed by atoms with van der Waals surface area (Å²) >= 11 is 0. The van der Waals surface area contributed by atoms with Crippen molar-refractivity contribution in [1.29, 1.82) is 0 Å². The molecule has 0 radical (unpaired) electrons. The number of methoxy groups -OCH3 is 1. The first-order valence-electron chi connectivity index (χ1n) is 9.83. The average molecular weight is 385 g/mol. The minimum absolute atomic E-state index is 0.0518. The van der Waals surface area contributed by atoms with Crippen molar-refractivity contribution in [2.24, 2.45) is 0 Å². The maximum Gasteiger partial charge on any atom is 0.162 e. The Morgan fingerprint density at radius 2 is 1.89 bits per heavy atom. The molecule has 150 valence electrons. The van der Waals surface area contributed by atoms with E-state index in [0.717, 1.165) is 44.6 Å². The molecule has 3 rings (SSSR count). The van der Waals surface area contributed by atoms with E-state index in [4.69, 9.17) is 4.74 Å². The van der Waals surface area contributed by atoms with E-state index >= 15 is 0 Å². The smallest absolute Gasteiger partial charge is 0.162 e. The predicted octanol–water partition coefficient (Wildman–Crippen LogP) is 3.82. The van der Waals surface area contributed by atoms with Crippen molar-refractivity contribution in [3.8, 4) is 5.75 Å². The first kappa shape index (κ1) is 20.5. The third kappa shape index (κ3) is 4.78. The summed E-state index contributed by atoms with van der Waals surface area (Å²) in [7, 11) is 1.66. The Morgan fingerprint density at radius 1 is 1.18 bits per heavy atom. The number of rotatable bonds is 9. The topological polar surface area (TPSA) is 49.8 Å². The standard InChI is InChI=1S/C23H28FNO3/c1-28-21-10-6-19(7-11-21)23(13-16-26)12-15-25(17-23)14-2-3-22(27)18-4-8-20(24)9-5-18/h4-11,26H,2-3,12-17H2,1H3. The average Bonchev–Trinajstić information content (AvgIpc) is 3.13. The fourth-order valence-corrected chi connectivity index (χ4v) is 4.14. The minimum Gasteiger partial charge on any atom is -0.497 e. The highest BCUT2D eigenvalue weighted by atomic mass is 19.1. The molecule has 1 N–H and O–H groups in total. The molecule has 1 unspecified atom stereocenters. The lowest BCUT2D eigenvalue weighted by Crippen LogP contribution is -2.32. The van der Waals surface area contributed by atoms with E-state index in [0.29, 0.717) is 12.0 Å². The van der Waals surface area contributed by atoms with Crippen LogP contribution < -0.4 is 4.74 Å². The number of benzene rings is 2. The highest BCUT2D eigenvalue weighted by Crippen LogP contribution is 2.38. The molecule has 1 fully saturated rings. The largest absolute Gasteiger partial charge is 0.497 e. The van der Waals surface area contributed by atoms with Crippen LogP contribution in [0, 0.1) is 5.82 Å². The normalized spacial score (nSPS) is 19.7. The summed E-state index contributed by atoms with van der Waals surface area (Å²) in [4.78, 5) is 14.6. The second-order valence-corrected chi connectivity index (χ2v) is 7.54. The summed E-state index contributed by atoms with van der Waals surface area (Å²) in [6, 6.07) is 13.9. The van der Waals surface area contributed by atoms with Crippen molar-refractivity contribution >= 4 is 5.78 Å². The van der Waals surface area contributed by atoms with Crippen LogP contribution in [0.15, 0.2) is 48.5 Å².